The molecule has 1 saturated heterocycles. The van der Waals surface area contributed by atoms with E-state index in [1.165, 1.54) is 18.6 Å². The second-order valence-electron chi connectivity index (χ2n) is 9.52. The van der Waals surface area contributed by atoms with E-state index >= 15 is 0 Å². The van der Waals surface area contributed by atoms with E-state index < -0.39 is 26.6 Å². The molecule has 6 rings (SSSR count). The van der Waals surface area contributed by atoms with Crippen molar-refractivity contribution in [3.63, 3.8) is 0 Å². The highest BCUT2D eigenvalue weighted by atomic mass is 35.5. The van der Waals surface area contributed by atoms with Crippen LogP contribution in [-0.4, -0.2) is 57.7 Å². The largest absolute Gasteiger partial charge is 0.365 e. The van der Waals surface area contributed by atoms with Crippen LogP contribution in [-0.2, 0) is 10.0 Å². The average molecular weight is 610 g/mol. The van der Waals surface area contributed by atoms with Gasteiger partial charge in [0.1, 0.15) is 28.4 Å². The van der Waals surface area contributed by atoms with Gasteiger partial charge in [-0.1, -0.05) is 11.6 Å². The van der Waals surface area contributed by atoms with Crippen LogP contribution in [0.1, 0.15) is 12.8 Å². The summed E-state index contributed by atoms with van der Waals surface area (Å²) in [7, 11) is -4.44. The second-order valence-corrected chi connectivity index (χ2v) is 11.5. The number of pyridine rings is 2. The summed E-state index contributed by atoms with van der Waals surface area (Å²) in [4.78, 5) is 19.0. The van der Waals surface area contributed by atoms with Crippen molar-refractivity contribution in [2.75, 3.05) is 28.0 Å². The van der Waals surface area contributed by atoms with E-state index in [4.69, 9.17) is 16.6 Å². The highest BCUT2D eigenvalue weighted by molar-refractivity contribution is 7.92. The molecule has 0 radical (unpaired) electrons. The molecular weight excluding hydrogens is 588 g/mol. The maximum atomic E-state index is 14.2. The molecule has 0 atom stereocenters. The van der Waals surface area contributed by atoms with Crippen molar-refractivity contribution in [3.8, 4) is 11.3 Å². The third-order valence-corrected chi connectivity index (χ3v) is 8.46. The molecule has 1 aliphatic heterocycles. The molecule has 15 heteroatoms. The topological polar surface area (TPSA) is 139 Å². The summed E-state index contributed by atoms with van der Waals surface area (Å²) in [6.45, 7) is 1.60. The molecular formula is C27H22ClF2N9O2S. The molecule has 11 nitrogen and oxygen atoms in total. The van der Waals surface area contributed by atoms with E-state index in [1.54, 1.807) is 18.3 Å². The minimum absolute atomic E-state index is 0.0997. The van der Waals surface area contributed by atoms with Gasteiger partial charge in [-0.25, -0.2) is 37.1 Å². The molecule has 1 aliphatic rings. The molecule has 0 amide bonds. The number of piperidine rings is 1. The van der Waals surface area contributed by atoms with Crippen molar-refractivity contribution in [3.05, 3.63) is 84.0 Å². The first kappa shape index (κ1) is 27.6. The zero-order valence-electron chi connectivity index (χ0n) is 21.7. The number of hydrogen-bond donors (Lipinski definition) is 2. The molecule has 214 valence electrons. The molecule has 0 unspecified atom stereocenters. The monoisotopic (exact) mass is 609 g/mol. The minimum atomic E-state index is -4.44. The molecule has 5 aromatic rings. The SMILES string of the molecule is O=S(=O)(Nc1cc(-c2ccc3ncnc(NC4CCN(c5cccnn5)CC4)c3n2)cnc1Cl)c1ccc(F)cc1F. The predicted octanol–water partition coefficient (Wildman–Crippen LogP) is 4.69. The number of rotatable bonds is 7. The van der Waals surface area contributed by atoms with E-state index in [9.17, 15) is 17.2 Å². The van der Waals surface area contributed by atoms with Crippen molar-refractivity contribution < 1.29 is 17.2 Å². The number of aromatic nitrogens is 6. The molecule has 0 aliphatic carbocycles. The Kier molecular flexibility index (Phi) is 7.47. The van der Waals surface area contributed by atoms with E-state index in [-0.39, 0.29) is 16.9 Å². The normalized spacial score (nSPS) is 14.2. The van der Waals surface area contributed by atoms with Crippen LogP contribution >= 0.6 is 11.6 Å². The van der Waals surface area contributed by atoms with E-state index in [1.807, 2.05) is 12.1 Å². The average Bonchev–Trinajstić information content (AvgIpc) is 2.99. The van der Waals surface area contributed by atoms with Crippen molar-refractivity contribution in [2.24, 2.45) is 0 Å². The number of sulfonamides is 1. The zero-order chi connectivity index (χ0) is 29.3. The highest BCUT2D eigenvalue weighted by Crippen LogP contribution is 2.30. The van der Waals surface area contributed by atoms with Crippen molar-refractivity contribution in [1.82, 2.24) is 30.1 Å². The van der Waals surface area contributed by atoms with Crippen molar-refractivity contribution in [1.29, 1.82) is 0 Å². The van der Waals surface area contributed by atoms with Gasteiger partial charge in [0.05, 0.1) is 16.9 Å². The van der Waals surface area contributed by atoms with Gasteiger partial charge in [0, 0.05) is 43.2 Å². The summed E-state index contributed by atoms with van der Waals surface area (Å²) >= 11 is 6.17. The molecule has 2 N–H and O–H groups in total. The number of nitrogens with zero attached hydrogens (tertiary/aromatic N) is 7. The lowest BCUT2D eigenvalue weighted by Gasteiger charge is -2.33. The molecule has 4 aromatic heterocycles. The number of halogens is 3. The fourth-order valence-corrected chi connectivity index (χ4v) is 5.99. The standard InChI is InChI=1S/C27H22ClF2N9O2S/c28-26-22(38-42(40,41)23-6-3-17(29)13-19(23)30)12-16(14-31-26)20-4-5-21-25(36-20)27(33-15-32-21)35-18-7-10-39(11-8-18)24-2-1-9-34-37-24/h1-6,9,12-15,18,38H,7-8,10-11H2,(H,32,33,35). The van der Waals surface area contributed by atoms with Crippen molar-refractivity contribution in [2.45, 2.75) is 23.8 Å². The molecule has 5 heterocycles. The maximum absolute atomic E-state index is 14.2. The molecule has 0 bridgehead atoms. The fourth-order valence-electron chi connectivity index (χ4n) is 4.67. The zero-order valence-corrected chi connectivity index (χ0v) is 23.3. The summed E-state index contributed by atoms with van der Waals surface area (Å²) in [6.07, 6.45) is 6.24. The van der Waals surface area contributed by atoms with Gasteiger partial charge in [-0.3, -0.25) is 4.72 Å². The van der Waals surface area contributed by atoms with Crippen LogP contribution in [0.2, 0.25) is 5.15 Å². The summed E-state index contributed by atoms with van der Waals surface area (Å²) < 4.78 is 55.4. The van der Waals surface area contributed by atoms with E-state index in [0.29, 0.717) is 34.2 Å². The number of hydrogen-bond acceptors (Lipinski definition) is 10. The van der Waals surface area contributed by atoms with Gasteiger partial charge in [-0.05, 0) is 55.3 Å². The highest BCUT2D eigenvalue weighted by Gasteiger charge is 2.23. The summed E-state index contributed by atoms with van der Waals surface area (Å²) in [5.74, 6) is -0.732. The van der Waals surface area contributed by atoms with Crippen molar-refractivity contribution >= 4 is 50.0 Å². The van der Waals surface area contributed by atoms with Gasteiger partial charge >= 0.3 is 0 Å². The molecule has 1 aromatic carbocycles. The number of nitrogens with one attached hydrogen (secondary N) is 2. The molecule has 42 heavy (non-hydrogen) atoms. The lowest BCUT2D eigenvalue weighted by molar-refractivity contribution is 0.521. The van der Waals surface area contributed by atoms with Gasteiger partial charge in [0.15, 0.2) is 16.8 Å². The van der Waals surface area contributed by atoms with Crippen LogP contribution in [0.4, 0.5) is 26.1 Å². The van der Waals surface area contributed by atoms with E-state index in [2.05, 4.69) is 40.1 Å². The van der Waals surface area contributed by atoms with Gasteiger partial charge in [-0.2, -0.15) is 5.10 Å². The Morgan fingerprint density at radius 1 is 1.00 bits per heavy atom. The van der Waals surface area contributed by atoms with Crippen LogP contribution in [0.25, 0.3) is 22.3 Å². The first-order chi connectivity index (χ1) is 20.3. The summed E-state index contributed by atoms with van der Waals surface area (Å²) in [5, 5.41) is 11.5. The quantitative estimate of drug-likeness (QED) is 0.250. The van der Waals surface area contributed by atoms with Gasteiger partial charge in [0.2, 0.25) is 0 Å². The Morgan fingerprint density at radius 3 is 2.60 bits per heavy atom. The van der Waals surface area contributed by atoms with Crippen LogP contribution < -0.4 is 14.9 Å². The Balaban J connectivity index is 1.24. The summed E-state index contributed by atoms with van der Waals surface area (Å²) in [6, 6.07) is 11.0. The van der Waals surface area contributed by atoms with Crippen LogP contribution in [0.15, 0.2) is 72.1 Å². The van der Waals surface area contributed by atoms with Gasteiger partial charge < -0.3 is 10.2 Å². The van der Waals surface area contributed by atoms with E-state index in [0.717, 1.165) is 43.9 Å². The van der Waals surface area contributed by atoms with Crippen LogP contribution in [0.3, 0.4) is 0 Å². The Labute approximate surface area is 244 Å². The maximum Gasteiger partial charge on any atom is 0.264 e. The van der Waals surface area contributed by atoms with Crippen LogP contribution in [0, 0.1) is 11.6 Å². The Hall–Kier alpha value is -4.56. The van der Waals surface area contributed by atoms with Gasteiger partial charge in [0.25, 0.3) is 10.0 Å². The Bertz CT molecular complexity index is 1880. The molecule has 0 spiro atoms. The lowest BCUT2D eigenvalue weighted by Crippen LogP contribution is -2.39. The first-order valence-electron chi connectivity index (χ1n) is 12.8. The lowest BCUT2D eigenvalue weighted by atomic mass is 10.0. The minimum Gasteiger partial charge on any atom is -0.365 e. The molecule has 0 saturated carbocycles. The fraction of sp³-hybridized carbons (Fsp3) is 0.185. The second kappa shape index (κ2) is 11.4. The number of anilines is 3. The summed E-state index contributed by atoms with van der Waals surface area (Å²) in [5.41, 5.74) is 1.93. The van der Waals surface area contributed by atoms with Crippen LogP contribution in [0.5, 0.6) is 0 Å². The Morgan fingerprint density at radius 2 is 1.83 bits per heavy atom. The first-order valence-corrected chi connectivity index (χ1v) is 14.7. The third-order valence-electron chi connectivity index (χ3n) is 6.76. The predicted molar refractivity (Wildman–Crippen MR) is 154 cm³/mol. The third kappa shape index (κ3) is 5.76. The smallest absolute Gasteiger partial charge is 0.264 e. The van der Waals surface area contributed by atoms with Gasteiger partial charge in [-0.15, -0.1) is 5.10 Å². The number of fused-ring (bicyclic) bond motifs is 1. The number of benzene rings is 1. The molecule has 1 fully saturated rings.